The van der Waals surface area contributed by atoms with Crippen LogP contribution in [0.25, 0.3) is 0 Å². The average Bonchev–Trinajstić information content (AvgIpc) is 2.83. The van der Waals surface area contributed by atoms with Gasteiger partial charge < -0.3 is 4.74 Å². The van der Waals surface area contributed by atoms with Crippen LogP contribution in [0.2, 0.25) is 0 Å². The number of ether oxygens (including phenoxy) is 1. The van der Waals surface area contributed by atoms with Gasteiger partial charge in [-0.05, 0) is 43.5 Å². The molecule has 2 rings (SSSR count). The van der Waals surface area contributed by atoms with E-state index in [1.54, 1.807) is 0 Å². The summed E-state index contributed by atoms with van der Waals surface area (Å²) in [6.07, 6.45) is 15.0. The second kappa shape index (κ2) is 14.4. The zero-order valence-corrected chi connectivity index (χ0v) is 20.8. The molecule has 0 aliphatic rings. The Morgan fingerprint density at radius 3 is 1.68 bits per heavy atom. The SMILES string of the molecule is CCCC[P+](CCCC)(CCCC)CCCOc1ccc(C(=O)c2ccccc2)cc1. The number of hydrogen-bond acceptors (Lipinski definition) is 2. The van der Waals surface area contributed by atoms with Crippen LogP contribution in [0.1, 0.15) is 81.6 Å². The number of ketones is 1. The molecule has 0 heterocycles. The molecule has 3 heteroatoms. The Morgan fingerprint density at radius 1 is 0.677 bits per heavy atom. The molecule has 2 aromatic rings. The van der Waals surface area contributed by atoms with Crippen molar-refractivity contribution in [1.29, 1.82) is 0 Å². The molecule has 0 unspecified atom stereocenters. The fourth-order valence-corrected chi connectivity index (χ4v) is 9.30. The average molecular weight is 442 g/mol. The topological polar surface area (TPSA) is 26.3 Å². The van der Waals surface area contributed by atoms with Crippen LogP contribution in [0.5, 0.6) is 5.75 Å². The van der Waals surface area contributed by atoms with Gasteiger partial charge >= 0.3 is 0 Å². The summed E-state index contributed by atoms with van der Waals surface area (Å²) in [5.41, 5.74) is 1.44. The molecule has 0 aliphatic heterocycles. The van der Waals surface area contributed by atoms with Gasteiger partial charge in [0.25, 0.3) is 0 Å². The lowest BCUT2D eigenvalue weighted by Gasteiger charge is -2.28. The van der Waals surface area contributed by atoms with Crippen molar-refractivity contribution >= 4 is 13.0 Å². The second-order valence-corrected chi connectivity index (χ2v) is 13.2. The van der Waals surface area contributed by atoms with Crippen molar-refractivity contribution in [3.63, 3.8) is 0 Å². The predicted molar refractivity (Wildman–Crippen MR) is 138 cm³/mol. The molecule has 0 aromatic heterocycles. The number of hydrogen-bond donors (Lipinski definition) is 0. The molecule has 0 fully saturated rings. The standard InChI is InChI=1S/C28H42O2P/c1-4-7-21-31(22-8-5-2,23-9-6-3)24-13-20-30-27-18-16-26(17-19-27)28(29)25-14-11-10-12-15-25/h10-12,14-19H,4-9,13,20-24H2,1-3H3/q+1. The first-order chi connectivity index (χ1) is 15.1. The van der Waals surface area contributed by atoms with Crippen LogP contribution in [0.15, 0.2) is 54.6 Å². The lowest BCUT2D eigenvalue weighted by Crippen LogP contribution is -2.14. The van der Waals surface area contributed by atoms with Crippen molar-refractivity contribution in [2.24, 2.45) is 0 Å². The summed E-state index contributed by atoms with van der Waals surface area (Å²) in [4.78, 5) is 12.6. The summed E-state index contributed by atoms with van der Waals surface area (Å²) in [6, 6.07) is 17.1. The monoisotopic (exact) mass is 441 g/mol. The van der Waals surface area contributed by atoms with Gasteiger partial charge in [-0.2, -0.15) is 0 Å². The van der Waals surface area contributed by atoms with Gasteiger partial charge in [-0.25, -0.2) is 0 Å². The van der Waals surface area contributed by atoms with Gasteiger partial charge in [0.1, 0.15) is 5.75 Å². The van der Waals surface area contributed by atoms with Gasteiger partial charge in [0, 0.05) is 24.8 Å². The first kappa shape index (κ1) is 25.6. The second-order valence-electron chi connectivity index (χ2n) is 8.72. The zero-order valence-electron chi connectivity index (χ0n) is 19.9. The highest BCUT2D eigenvalue weighted by Gasteiger charge is 2.34. The Morgan fingerprint density at radius 2 is 1.16 bits per heavy atom. The molecule has 0 spiro atoms. The number of benzene rings is 2. The maximum absolute atomic E-state index is 12.6. The smallest absolute Gasteiger partial charge is 0.193 e. The van der Waals surface area contributed by atoms with E-state index in [0.29, 0.717) is 5.56 Å². The summed E-state index contributed by atoms with van der Waals surface area (Å²) >= 11 is 0. The first-order valence-corrected chi connectivity index (χ1v) is 14.8. The Labute approximate surface area is 191 Å². The van der Waals surface area contributed by atoms with Crippen LogP contribution in [0.3, 0.4) is 0 Å². The van der Waals surface area contributed by atoms with E-state index in [1.165, 1.54) is 63.2 Å². The fraction of sp³-hybridized carbons (Fsp3) is 0.536. The maximum Gasteiger partial charge on any atom is 0.193 e. The lowest BCUT2D eigenvalue weighted by atomic mass is 10.0. The minimum atomic E-state index is -0.847. The number of carbonyl (C=O) groups is 1. The van der Waals surface area contributed by atoms with E-state index in [2.05, 4.69) is 20.8 Å². The third-order valence-electron chi connectivity index (χ3n) is 6.16. The van der Waals surface area contributed by atoms with Crippen LogP contribution in [-0.2, 0) is 0 Å². The Hall–Kier alpha value is -1.66. The summed E-state index contributed by atoms with van der Waals surface area (Å²) in [5, 5.41) is 0. The van der Waals surface area contributed by atoms with Gasteiger partial charge in [0.2, 0.25) is 0 Å². The largest absolute Gasteiger partial charge is 0.493 e. The molecule has 0 aliphatic carbocycles. The first-order valence-electron chi connectivity index (χ1n) is 12.3. The molecule has 0 amide bonds. The summed E-state index contributed by atoms with van der Waals surface area (Å²) < 4.78 is 6.06. The van der Waals surface area contributed by atoms with Crippen molar-refractivity contribution in [3.05, 3.63) is 65.7 Å². The molecule has 31 heavy (non-hydrogen) atoms. The van der Waals surface area contributed by atoms with E-state index < -0.39 is 7.26 Å². The minimum absolute atomic E-state index is 0.0597. The molecule has 0 bridgehead atoms. The third kappa shape index (κ3) is 8.77. The van der Waals surface area contributed by atoms with Crippen molar-refractivity contribution in [3.8, 4) is 5.75 Å². The van der Waals surface area contributed by atoms with E-state index in [-0.39, 0.29) is 5.78 Å². The molecule has 0 saturated carbocycles. The lowest BCUT2D eigenvalue weighted by molar-refractivity contribution is 0.103. The highest BCUT2D eigenvalue weighted by Crippen LogP contribution is 2.61. The Balaban J connectivity index is 1.88. The molecule has 0 N–H and O–H groups in total. The number of unbranched alkanes of at least 4 members (excludes halogenated alkanes) is 3. The molecule has 2 nitrogen and oxygen atoms in total. The highest BCUT2D eigenvalue weighted by atomic mass is 31.2. The Kier molecular flexibility index (Phi) is 11.9. The van der Waals surface area contributed by atoms with Crippen molar-refractivity contribution in [1.82, 2.24) is 0 Å². The molecule has 2 aromatic carbocycles. The number of rotatable bonds is 16. The molecule has 0 radical (unpaired) electrons. The fourth-order valence-electron chi connectivity index (χ4n) is 4.20. The van der Waals surface area contributed by atoms with Crippen molar-refractivity contribution in [2.75, 3.05) is 31.3 Å². The normalized spacial score (nSPS) is 11.5. The highest BCUT2D eigenvalue weighted by molar-refractivity contribution is 7.75. The molecule has 0 atom stereocenters. The van der Waals surface area contributed by atoms with Crippen LogP contribution in [0, 0.1) is 0 Å². The quantitative estimate of drug-likeness (QED) is 0.149. The van der Waals surface area contributed by atoms with Crippen LogP contribution in [0.4, 0.5) is 0 Å². The summed E-state index contributed by atoms with van der Waals surface area (Å²) in [5.74, 6) is 0.925. The van der Waals surface area contributed by atoms with Gasteiger partial charge in [0.05, 0.1) is 31.3 Å². The third-order valence-corrected chi connectivity index (χ3v) is 11.2. The van der Waals surface area contributed by atoms with E-state index in [1.807, 2.05) is 54.6 Å². The van der Waals surface area contributed by atoms with Crippen molar-refractivity contribution in [2.45, 2.75) is 65.7 Å². The summed E-state index contributed by atoms with van der Waals surface area (Å²) in [6.45, 7) is 7.75. The van der Waals surface area contributed by atoms with Crippen LogP contribution in [-0.4, -0.2) is 37.0 Å². The number of carbonyl (C=O) groups excluding carboxylic acids is 1. The van der Waals surface area contributed by atoms with Gasteiger partial charge in [-0.15, -0.1) is 0 Å². The van der Waals surface area contributed by atoms with Gasteiger partial charge in [-0.1, -0.05) is 70.4 Å². The van der Waals surface area contributed by atoms with Crippen molar-refractivity contribution < 1.29 is 9.53 Å². The Bertz CT molecular complexity index is 718. The van der Waals surface area contributed by atoms with E-state index in [0.717, 1.165) is 24.3 Å². The molecule has 0 saturated heterocycles. The van der Waals surface area contributed by atoms with Gasteiger partial charge in [0.15, 0.2) is 5.78 Å². The van der Waals surface area contributed by atoms with Crippen LogP contribution >= 0.6 is 7.26 Å². The molecular formula is C28H42O2P+. The molecule has 170 valence electrons. The van der Waals surface area contributed by atoms with Crippen LogP contribution < -0.4 is 4.74 Å². The van der Waals surface area contributed by atoms with E-state index >= 15 is 0 Å². The van der Waals surface area contributed by atoms with Gasteiger partial charge in [-0.3, -0.25) is 4.79 Å². The van der Waals surface area contributed by atoms with E-state index in [4.69, 9.17) is 4.74 Å². The zero-order chi connectivity index (χ0) is 22.4. The van der Waals surface area contributed by atoms with E-state index in [9.17, 15) is 4.79 Å². The minimum Gasteiger partial charge on any atom is -0.493 e. The summed E-state index contributed by atoms with van der Waals surface area (Å²) in [7, 11) is -0.847. The predicted octanol–water partition coefficient (Wildman–Crippen LogP) is 8.10. The maximum atomic E-state index is 12.6. The molecular weight excluding hydrogens is 399 g/mol.